The van der Waals surface area contributed by atoms with Crippen LogP contribution in [0.5, 0.6) is 0 Å². The molecule has 7 nitrogen and oxygen atoms in total. The van der Waals surface area contributed by atoms with Gasteiger partial charge in [0.1, 0.15) is 16.2 Å². The molecule has 0 spiro atoms. The molecule has 0 aromatic carbocycles. The van der Waals surface area contributed by atoms with Gasteiger partial charge in [-0.3, -0.25) is 4.90 Å². The van der Waals surface area contributed by atoms with Gasteiger partial charge in [-0.2, -0.15) is 0 Å². The molecule has 4 rings (SSSR count). The van der Waals surface area contributed by atoms with Crippen LogP contribution in [0.3, 0.4) is 0 Å². The van der Waals surface area contributed by atoms with Gasteiger partial charge in [-0.1, -0.05) is 11.8 Å². The minimum absolute atomic E-state index is 0.254. The van der Waals surface area contributed by atoms with E-state index in [0.717, 1.165) is 39.8 Å². The average molecular weight is 362 g/mol. The first kappa shape index (κ1) is 15.8. The number of thiazole rings is 1. The molecule has 0 amide bonds. The van der Waals surface area contributed by atoms with Crippen LogP contribution >= 0.6 is 23.1 Å². The first-order valence-electron chi connectivity index (χ1n) is 7.70. The van der Waals surface area contributed by atoms with Gasteiger partial charge >= 0.3 is 0 Å². The first-order chi connectivity index (χ1) is 11.7. The maximum absolute atomic E-state index is 10.3. The number of aromatic amines is 1. The summed E-state index contributed by atoms with van der Waals surface area (Å²) in [6, 6.07) is 0. The zero-order valence-electron chi connectivity index (χ0n) is 12.9. The average Bonchev–Trinajstić information content (AvgIpc) is 3.28. The summed E-state index contributed by atoms with van der Waals surface area (Å²) >= 11 is 3.36. The van der Waals surface area contributed by atoms with Crippen LogP contribution in [-0.4, -0.2) is 54.9 Å². The molecular weight excluding hydrogens is 344 g/mol. The first-order valence-corrected chi connectivity index (χ1v) is 9.56. The van der Waals surface area contributed by atoms with Gasteiger partial charge in [-0.25, -0.2) is 15.0 Å². The number of hydrogen-bond acceptors (Lipinski definition) is 8. The van der Waals surface area contributed by atoms with Gasteiger partial charge in [-0.05, 0) is 0 Å². The predicted molar refractivity (Wildman–Crippen MR) is 95.9 cm³/mol. The number of anilines is 1. The Morgan fingerprint density at radius 3 is 3.12 bits per heavy atom. The van der Waals surface area contributed by atoms with E-state index in [1.807, 2.05) is 17.8 Å². The lowest BCUT2D eigenvalue weighted by atomic mass is 10.1. The monoisotopic (exact) mass is 362 g/mol. The Morgan fingerprint density at radius 1 is 1.38 bits per heavy atom. The highest BCUT2D eigenvalue weighted by Crippen LogP contribution is 2.29. The molecule has 0 saturated carbocycles. The summed E-state index contributed by atoms with van der Waals surface area (Å²) < 4.78 is 1.06. The molecule has 1 aliphatic heterocycles. The highest BCUT2D eigenvalue weighted by atomic mass is 32.2. The Balaban J connectivity index is 1.41. The van der Waals surface area contributed by atoms with E-state index in [4.69, 9.17) is 5.73 Å². The molecule has 1 saturated heterocycles. The molecule has 3 aromatic rings. The van der Waals surface area contributed by atoms with Gasteiger partial charge in [0, 0.05) is 54.6 Å². The molecule has 1 aliphatic rings. The van der Waals surface area contributed by atoms with Crippen molar-refractivity contribution < 1.29 is 5.11 Å². The van der Waals surface area contributed by atoms with E-state index in [0.29, 0.717) is 12.4 Å². The van der Waals surface area contributed by atoms with Crippen molar-refractivity contribution in [2.75, 3.05) is 24.6 Å². The van der Waals surface area contributed by atoms with E-state index in [9.17, 15) is 5.11 Å². The number of hydrogen-bond donors (Lipinski definition) is 3. The largest absolute Gasteiger partial charge is 0.391 e. The molecule has 126 valence electrons. The van der Waals surface area contributed by atoms with Crippen LogP contribution in [0.25, 0.3) is 11.0 Å². The second kappa shape index (κ2) is 6.67. The molecule has 9 heteroatoms. The molecule has 1 unspecified atom stereocenters. The molecule has 3 aromatic heterocycles. The number of nitrogens with one attached hydrogen (secondary N) is 1. The molecular formula is C15H18N6OS2. The third-order valence-electron chi connectivity index (χ3n) is 4.28. The van der Waals surface area contributed by atoms with Crippen molar-refractivity contribution in [1.82, 2.24) is 24.8 Å². The molecule has 0 bridgehead atoms. The second-order valence-electron chi connectivity index (χ2n) is 5.93. The van der Waals surface area contributed by atoms with Crippen molar-refractivity contribution >= 4 is 39.9 Å². The normalized spacial score (nSPS) is 21.7. The number of nitrogens with zero attached hydrogens (tertiary/aromatic N) is 4. The number of aliphatic hydroxyl groups excluding tert-OH is 1. The number of fused-ring (bicyclic) bond motifs is 1. The maximum Gasteiger partial charge on any atom is 0.151 e. The van der Waals surface area contributed by atoms with Crippen molar-refractivity contribution in [3.63, 3.8) is 0 Å². The van der Waals surface area contributed by atoms with E-state index >= 15 is 0 Å². The molecule has 4 heterocycles. The van der Waals surface area contributed by atoms with Crippen molar-refractivity contribution in [3.8, 4) is 0 Å². The highest BCUT2D eigenvalue weighted by Gasteiger charge is 2.31. The van der Waals surface area contributed by atoms with Crippen LogP contribution in [-0.2, 0) is 6.54 Å². The third kappa shape index (κ3) is 3.12. The summed E-state index contributed by atoms with van der Waals surface area (Å²) in [5.41, 5.74) is 8.59. The van der Waals surface area contributed by atoms with E-state index < -0.39 is 0 Å². The molecule has 24 heavy (non-hydrogen) atoms. The number of H-pyrrole nitrogens is 1. The number of β-amino-alcohol motifs (C(OH)–C–C–N with tert-alkyl or cyclic N) is 1. The van der Waals surface area contributed by atoms with Crippen molar-refractivity contribution in [2.45, 2.75) is 17.0 Å². The summed E-state index contributed by atoms with van der Waals surface area (Å²) in [7, 11) is 0. The summed E-state index contributed by atoms with van der Waals surface area (Å²) in [6.45, 7) is 2.29. The molecule has 1 fully saturated rings. The van der Waals surface area contributed by atoms with E-state index in [1.165, 1.54) is 6.33 Å². The van der Waals surface area contributed by atoms with E-state index in [1.54, 1.807) is 23.1 Å². The Morgan fingerprint density at radius 2 is 2.29 bits per heavy atom. The fraction of sp³-hybridized carbons (Fsp3) is 0.400. The van der Waals surface area contributed by atoms with Gasteiger partial charge in [-0.15, -0.1) is 11.3 Å². The predicted octanol–water partition coefficient (Wildman–Crippen LogP) is 1.58. The van der Waals surface area contributed by atoms with Crippen LogP contribution in [0.2, 0.25) is 0 Å². The summed E-state index contributed by atoms with van der Waals surface area (Å²) in [6.07, 6.45) is 4.93. The van der Waals surface area contributed by atoms with Crippen LogP contribution in [0.4, 0.5) is 5.82 Å². The summed E-state index contributed by atoms with van der Waals surface area (Å²) in [4.78, 5) is 18.0. The zero-order chi connectivity index (χ0) is 16.5. The Hall–Kier alpha value is -1.68. The smallest absolute Gasteiger partial charge is 0.151 e. The Bertz CT molecular complexity index is 821. The Labute approximate surface area is 147 Å². The van der Waals surface area contributed by atoms with Crippen LogP contribution in [0.15, 0.2) is 28.4 Å². The maximum atomic E-state index is 10.3. The number of likely N-dealkylation sites (tertiary alicyclic amines) is 1. The zero-order valence-corrected chi connectivity index (χ0v) is 14.6. The Kier molecular flexibility index (Phi) is 4.40. The van der Waals surface area contributed by atoms with Gasteiger partial charge in [0.05, 0.1) is 11.6 Å². The standard InChI is InChI=1S/C15H18N6OS2/c16-14-13-12(19-8-20-14)9(3-18-13)4-21-5-10(11(22)6-21)7-24-15-17-1-2-23-15/h1-3,8,10-11,18,22H,4-7H2,(H2,16,19,20)/t10-,11?/m1/s1. The molecule has 2 atom stereocenters. The molecule has 0 radical (unpaired) electrons. The van der Waals surface area contributed by atoms with Gasteiger partial charge in [0.2, 0.25) is 0 Å². The van der Waals surface area contributed by atoms with Gasteiger partial charge < -0.3 is 15.8 Å². The topological polar surface area (TPSA) is 104 Å². The van der Waals surface area contributed by atoms with Crippen molar-refractivity contribution in [1.29, 1.82) is 0 Å². The number of aliphatic hydroxyl groups is 1. The summed E-state index contributed by atoms with van der Waals surface area (Å²) in [5.74, 6) is 1.60. The summed E-state index contributed by atoms with van der Waals surface area (Å²) in [5, 5.41) is 12.3. The fourth-order valence-corrected chi connectivity index (χ4v) is 4.89. The molecule has 0 aliphatic carbocycles. The quantitative estimate of drug-likeness (QED) is 0.592. The number of thioether (sulfide) groups is 1. The minimum Gasteiger partial charge on any atom is -0.391 e. The second-order valence-corrected chi connectivity index (χ2v) is 8.09. The van der Waals surface area contributed by atoms with Crippen molar-refractivity contribution in [3.05, 3.63) is 29.7 Å². The van der Waals surface area contributed by atoms with Crippen LogP contribution in [0.1, 0.15) is 5.56 Å². The highest BCUT2D eigenvalue weighted by molar-refractivity contribution is 8.01. The number of aromatic nitrogens is 4. The van der Waals surface area contributed by atoms with Crippen molar-refractivity contribution in [2.24, 2.45) is 5.92 Å². The lowest BCUT2D eigenvalue weighted by Crippen LogP contribution is -2.21. The third-order valence-corrected chi connectivity index (χ3v) is 6.43. The van der Waals surface area contributed by atoms with E-state index in [-0.39, 0.29) is 12.0 Å². The van der Waals surface area contributed by atoms with E-state index in [2.05, 4.69) is 24.8 Å². The number of nitrogen functional groups attached to an aromatic ring is 1. The fourth-order valence-electron chi connectivity index (χ4n) is 3.07. The number of nitrogens with two attached hydrogens (primary N) is 1. The lowest BCUT2D eigenvalue weighted by Gasteiger charge is -2.14. The SMILES string of the molecule is Nc1ncnc2c(CN3CC(O)[C@@H](CSc4nccs4)C3)c[nH]c12. The van der Waals surface area contributed by atoms with Crippen LogP contribution < -0.4 is 5.73 Å². The van der Waals surface area contributed by atoms with Gasteiger partial charge in [0.25, 0.3) is 0 Å². The molecule has 4 N–H and O–H groups in total. The van der Waals surface area contributed by atoms with Crippen LogP contribution in [0, 0.1) is 5.92 Å². The van der Waals surface area contributed by atoms with Gasteiger partial charge in [0.15, 0.2) is 5.82 Å². The number of rotatable bonds is 5. The minimum atomic E-state index is -0.303. The lowest BCUT2D eigenvalue weighted by molar-refractivity contribution is 0.149.